The molecule has 0 atom stereocenters. The number of anilines is 1. The normalized spacial score (nSPS) is 10.5. The Kier molecular flexibility index (Phi) is 4.85. The van der Waals surface area contributed by atoms with Crippen molar-refractivity contribution in [3.63, 3.8) is 0 Å². The molecule has 0 aliphatic heterocycles. The van der Waals surface area contributed by atoms with Crippen LogP contribution in [0.2, 0.25) is 15.1 Å². The number of phenolic OH excluding ortho intramolecular Hbond substituents is 1. The molecule has 0 aliphatic rings. The number of hydrogen-bond donors (Lipinski definition) is 2. The first-order valence-electron chi connectivity index (χ1n) is 5.33. The van der Waals surface area contributed by atoms with E-state index in [0.717, 1.165) is 15.7 Å². The van der Waals surface area contributed by atoms with Crippen LogP contribution in [0, 0.1) is 0 Å². The van der Waals surface area contributed by atoms with Crippen LogP contribution in [0.5, 0.6) is 5.75 Å². The maximum Gasteiger partial charge on any atom is 0.152 e. The van der Waals surface area contributed by atoms with Crippen molar-refractivity contribution in [1.29, 1.82) is 0 Å². The van der Waals surface area contributed by atoms with Crippen LogP contribution in [0.15, 0.2) is 34.8 Å². The minimum atomic E-state index is -0.111. The number of benzene rings is 2. The van der Waals surface area contributed by atoms with Crippen molar-refractivity contribution < 1.29 is 5.11 Å². The Morgan fingerprint density at radius 2 is 1.63 bits per heavy atom. The summed E-state index contributed by atoms with van der Waals surface area (Å²) in [6, 6.07) is 8.93. The molecular formula is C13H9BrCl3NO. The van der Waals surface area contributed by atoms with Gasteiger partial charge in [-0.05, 0) is 45.8 Å². The van der Waals surface area contributed by atoms with E-state index in [1.165, 1.54) is 0 Å². The second-order valence-electron chi connectivity index (χ2n) is 3.89. The number of nitrogens with one attached hydrogen (secondary N) is 1. The highest BCUT2D eigenvalue weighted by Crippen LogP contribution is 2.34. The molecule has 19 heavy (non-hydrogen) atoms. The molecule has 0 aromatic heterocycles. The molecule has 0 fully saturated rings. The number of phenols is 1. The summed E-state index contributed by atoms with van der Waals surface area (Å²) in [6.07, 6.45) is 0. The van der Waals surface area contributed by atoms with Crippen LogP contribution >= 0.6 is 50.7 Å². The van der Waals surface area contributed by atoms with Crippen molar-refractivity contribution in [2.45, 2.75) is 6.54 Å². The number of rotatable bonds is 3. The van der Waals surface area contributed by atoms with Gasteiger partial charge in [0.1, 0.15) is 0 Å². The lowest BCUT2D eigenvalue weighted by Crippen LogP contribution is -1.99. The molecule has 0 bridgehead atoms. The fraction of sp³-hybridized carbons (Fsp3) is 0.0769. The highest BCUT2D eigenvalue weighted by atomic mass is 79.9. The molecule has 2 rings (SSSR count). The van der Waals surface area contributed by atoms with Crippen molar-refractivity contribution in [1.82, 2.24) is 0 Å². The van der Waals surface area contributed by atoms with E-state index >= 15 is 0 Å². The van der Waals surface area contributed by atoms with Crippen LogP contribution < -0.4 is 5.32 Å². The summed E-state index contributed by atoms with van der Waals surface area (Å²) in [5, 5.41) is 13.7. The summed E-state index contributed by atoms with van der Waals surface area (Å²) >= 11 is 21.0. The van der Waals surface area contributed by atoms with Crippen LogP contribution in [0.4, 0.5) is 5.69 Å². The molecule has 0 aliphatic carbocycles. The second-order valence-corrected chi connectivity index (χ2v) is 5.97. The van der Waals surface area contributed by atoms with Crippen molar-refractivity contribution in [3.05, 3.63) is 55.4 Å². The van der Waals surface area contributed by atoms with Gasteiger partial charge in [-0.1, -0.05) is 40.9 Å². The highest BCUT2D eigenvalue weighted by Gasteiger charge is 2.06. The lowest BCUT2D eigenvalue weighted by atomic mass is 10.2. The van der Waals surface area contributed by atoms with E-state index in [2.05, 4.69) is 21.2 Å². The molecule has 0 heterocycles. The Hall–Kier alpha value is -0.610. The first-order chi connectivity index (χ1) is 8.97. The molecular weight excluding hydrogens is 372 g/mol. The summed E-state index contributed by atoms with van der Waals surface area (Å²) < 4.78 is 0.855. The fourth-order valence-electron chi connectivity index (χ4n) is 1.52. The van der Waals surface area contributed by atoms with Gasteiger partial charge in [0, 0.05) is 16.7 Å². The Labute approximate surface area is 134 Å². The number of halogens is 4. The van der Waals surface area contributed by atoms with Gasteiger partial charge in [-0.2, -0.15) is 0 Å². The number of hydrogen-bond acceptors (Lipinski definition) is 2. The molecule has 2 aromatic rings. The standard InChI is InChI=1S/C13H9BrCl3NO/c14-9-2-1-7(3-10(9)15)6-18-8-4-11(16)13(19)12(17)5-8/h1-5,18-19H,6H2. The average Bonchev–Trinajstić information content (AvgIpc) is 2.37. The van der Waals surface area contributed by atoms with Crippen LogP contribution in [-0.4, -0.2) is 5.11 Å². The lowest BCUT2D eigenvalue weighted by Gasteiger charge is -2.09. The van der Waals surface area contributed by atoms with Crippen LogP contribution in [0.25, 0.3) is 0 Å². The van der Waals surface area contributed by atoms with Gasteiger partial charge in [-0.25, -0.2) is 0 Å². The largest absolute Gasteiger partial charge is 0.505 e. The summed E-state index contributed by atoms with van der Waals surface area (Å²) in [6.45, 7) is 0.574. The van der Waals surface area contributed by atoms with Gasteiger partial charge in [0.05, 0.1) is 15.1 Å². The van der Waals surface area contributed by atoms with Crippen molar-refractivity contribution in [3.8, 4) is 5.75 Å². The molecule has 0 amide bonds. The Morgan fingerprint density at radius 1 is 1.00 bits per heavy atom. The van der Waals surface area contributed by atoms with Gasteiger partial charge in [0.15, 0.2) is 5.75 Å². The van der Waals surface area contributed by atoms with E-state index in [9.17, 15) is 5.11 Å². The molecule has 0 unspecified atom stereocenters. The molecule has 2 aromatic carbocycles. The topological polar surface area (TPSA) is 32.3 Å². The van der Waals surface area contributed by atoms with Gasteiger partial charge in [-0.3, -0.25) is 0 Å². The van der Waals surface area contributed by atoms with Crippen LogP contribution in [0.3, 0.4) is 0 Å². The van der Waals surface area contributed by atoms with Gasteiger partial charge >= 0.3 is 0 Å². The molecule has 0 saturated heterocycles. The van der Waals surface area contributed by atoms with E-state index in [1.54, 1.807) is 12.1 Å². The zero-order valence-electron chi connectivity index (χ0n) is 9.55. The molecule has 0 spiro atoms. The minimum absolute atomic E-state index is 0.111. The summed E-state index contributed by atoms with van der Waals surface area (Å²) in [4.78, 5) is 0. The maximum absolute atomic E-state index is 9.47. The molecule has 2 nitrogen and oxygen atoms in total. The van der Waals surface area contributed by atoms with Crippen LogP contribution in [-0.2, 0) is 6.54 Å². The third kappa shape index (κ3) is 3.69. The molecule has 6 heteroatoms. The monoisotopic (exact) mass is 379 g/mol. The second kappa shape index (κ2) is 6.23. The Bertz CT molecular complexity index is 596. The van der Waals surface area contributed by atoms with E-state index in [1.807, 2.05) is 18.2 Å². The zero-order valence-corrected chi connectivity index (χ0v) is 13.4. The van der Waals surface area contributed by atoms with E-state index in [0.29, 0.717) is 11.6 Å². The maximum atomic E-state index is 9.47. The summed E-state index contributed by atoms with van der Waals surface area (Å²) in [7, 11) is 0. The Morgan fingerprint density at radius 3 is 2.21 bits per heavy atom. The highest BCUT2D eigenvalue weighted by molar-refractivity contribution is 9.10. The van der Waals surface area contributed by atoms with Gasteiger partial charge < -0.3 is 10.4 Å². The average molecular weight is 381 g/mol. The Balaban J connectivity index is 2.12. The van der Waals surface area contributed by atoms with E-state index < -0.39 is 0 Å². The van der Waals surface area contributed by atoms with Crippen molar-refractivity contribution in [2.24, 2.45) is 0 Å². The molecule has 0 saturated carbocycles. The van der Waals surface area contributed by atoms with Gasteiger partial charge in [-0.15, -0.1) is 0 Å². The minimum Gasteiger partial charge on any atom is -0.505 e. The van der Waals surface area contributed by atoms with E-state index in [-0.39, 0.29) is 15.8 Å². The van der Waals surface area contributed by atoms with Crippen molar-refractivity contribution in [2.75, 3.05) is 5.32 Å². The first kappa shape index (κ1) is 14.8. The van der Waals surface area contributed by atoms with Crippen molar-refractivity contribution >= 4 is 56.4 Å². The SMILES string of the molecule is Oc1c(Cl)cc(NCc2ccc(Br)c(Cl)c2)cc1Cl. The first-order valence-corrected chi connectivity index (χ1v) is 7.26. The quantitative estimate of drug-likeness (QED) is 0.666. The zero-order chi connectivity index (χ0) is 14.0. The van der Waals surface area contributed by atoms with Gasteiger partial charge in [0.25, 0.3) is 0 Å². The predicted octanol–water partition coefficient (Wildman–Crippen LogP) is 5.73. The van der Waals surface area contributed by atoms with Gasteiger partial charge in [0.2, 0.25) is 0 Å². The lowest BCUT2D eigenvalue weighted by molar-refractivity contribution is 0.476. The summed E-state index contributed by atoms with van der Waals surface area (Å²) in [5.74, 6) is -0.111. The van der Waals surface area contributed by atoms with Crippen LogP contribution in [0.1, 0.15) is 5.56 Å². The predicted molar refractivity (Wildman–Crippen MR) is 84.6 cm³/mol. The smallest absolute Gasteiger partial charge is 0.152 e. The number of aromatic hydroxyl groups is 1. The molecule has 100 valence electrons. The summed E-state index contributed by atoms with van der Waals surface area (Å²) in [5.41, 5.74) is 1.75. The third-order valence-electron chi connectivity index (χ3n) is 2.50. The molecule has 2 N–H and O–H groups in total. The fourth-order valence-corrected chi connectivity index (χ4v) is 2.46. The van der Waals surface area contributed by atoms with E-state index in [4.69, 9.17) is 34.8 Å². The third-order valence-corrected chi connectivity index (χ3v) is 4.31. The molecule has 0 radical (unpaired) electrons.